The lowest BCUT2D eigenvalue weighted by Gasteiger charge is -2.37. The summed E-state index contributed by atoms with van der Waals surface area (Å²) in [5.41, 5.74) is 3.16. The third kappa shape index (κ3) is 4.11. The van der Waals surface area contributed by atoms with Crippen molar-refractivity contribution >= 4 is 11.0 Å². The molecule has 2 aromatic rings. The van der Waals surface area contributed by atoms with Crippen molar-refractivity contribution in [2.24, 2.45) is 10.9 Å². The molecule has 0 radical (unpaired) electrons. The highest BCUT2D eigenvalue weighted by atomic mass is 15.2. The van der Waals surface area contributed by atoms with Gasteiger partial charge in [0.15, 0.2) is 0 Å². The molecule has 0 amide bonds. The summed E-state index contributed by atoms with van der Waals surface area (Å²) in [6.45, 7) is 12.2. The van der Waals surface area contributed by atoms with E-state index in [0.29, 0.717) is 12.1 Å². The normalized spacial score (nSPS) is 18.3. The van der Waals surface area contributed by atoms with Crippen LogP contribution in [0.15, 0.2) is 29.3 Å². The van der Waals surface area contributed by atoms with E-state index in [-0.39, 0.29) is 0 Å². The highest BCUT2D eigenvalue weighted by Crippen LogP contribution is 2.27. The van der Waals surface area contributed by atoms with Crippen molar-refractivity contribution in [3.05, 3.63) is 29.9 Å². The number of para-hydroxylation sites is 2. The molecule has 0 spiro atoms. The standard InChI is InChI=1S/C22H33N5/c1-5-26-20-8-6-7-9-21(20)27(22(26)24-16-23)19-12-14-25(15-13-19)18(4)11-10-17(2)3/h6-9,17-19H,5,10-15H2,1-4H3. The molecule has 1 unspecified atom stereocenters. The largest absolute Gasteiger partial charge is 0.310 e. The Labute approximate surface area is 162 Å². The van der Waals surface area contributed by atoms with Crippen LogP contribution >= 0.6 is 0 Å². The molecule has 1 fully saturated rings. The number of likely N-dealkylation sites (tertiary alicyclic amines) is 1. The molecular weight excluding hydrogens is 334 g/mol. The molecule has 1 saturated heterocycles. The van der Waals surface area contributed by atoms with Gasteiger partial charge in [-0.05, 0) is 57.6 Å². The number of rotatable bonds is 6. The smallest absolute Gasteiger partial charge is 0.221 e. The minimum atomic E-state index is 0.406. The highest BCUT2D eigenvalue weighted by Gasteiger charge is 2.26. The zero-order valence-corrected chi connectivity index (χ0v) is 17.2. The van der Waals surface area contributed by atoms with Crippen LogP contribution in [0.25, 0.3) is 11.0 Å². The van der Waals surface area contributed by atoms with E-state index in [2.05, 4.69) is 71.0 Å². The molecule has 0 saturated carbocycles. The first-order chi connectivity index (χ1) is 13.1. The second kappa shape index (κ2) is 8.75. The van der Waals surface area contributed by atoms with Gasteiger partial charge in [-0.1, -0.05) is 26.0 Å². The maximum absolute atomic E-state index is 9.25. The molecule has 1 aliphatic rings. The molecule has 146 valence electrons. The minimum Gasteiger partial charge on any atom is -0.310 e. The first-order valence-corrected chi connectivity index (χ1v) is 10.4. The van der Waals surface area contributed by atoms with E-state index in [9.17, 15) is 5.26 Å². The van der Waals surface area contributed by atoms with Crippen LogP contribution in [0, 0.1) is 17.4 Å². The van der Waals surface area contributed by atoms with Gasteiger partial charge in [0.05, 0.1) is 11.0 Å². The van der Waals surface area contributed by atoms with Crippen LogP contribution in [0.5, 0.6) is 0 Å². The highest BCUT2D eigenvalue weighted by molar-refractivity contribution is 5.76. The average Bonchev–Trinajstić information content (AvgIpc) is 2.99. The van der Waals surface area contributed by atoms with E-state index in [4.69, 9.17) is 0 Å². The summed E-state index contributed by atoms with van der Waals surface area (Å²) in [6.07, 6.45) is 6.83. The van der Waals surface area contributed by atoms with Gasteiger partial charge < -0.3 is 14.0 Å². The molecule has 1 atom stereocenters. The zero-order chi connectivity index (χ0) is 19.4. The maximum Gasteiger partial charge on any atom is 0.221 e. The molecule has 1 aliphatic heterocycles. The van der Waals surface area contributed by atoms with Gasteiger partial charge >= 0.3 is 0 Å². The van der Waals surface area contributed by atoms with Gasteiger partial charge in [0, 0.05) is 31.7 Å². The van der Waals surface area contributed by atoms with Crippen molar-refractivity contribution < 1.29 is 0 Å². The number of nitriles is 1. The van der Waals surface area contributed by atoms with E-state index in [1.54, 1.807) is 0 Å². The fourth-order valence-corrected chi connectivity index (χ4v) is 4.41. The number of fused-ring (bicyclic) bond motifs is 1. The van der Waals surface area contributed by atoms with Gasteiger partial charge in [0.2, 0.25) is 11.8 Å². The fraction of sp³-hybridized carbons (Fsp3) is 0.636. The Morgan fingerprint density at radius 1 is 1.11 bits per heavy atom. The zero-order valence-electron chi connectivity index (χ0n) is 17.2. The predicted molar refractivity (Wildman–Crippen MR) is 110 cm³/mol. The molecule has 2 heterocycles. The lowest BCUT2D eigenvalue weighted by molar-refractivity contribution is 0.133. The lowest BCUT2D eigenvalue weighted by atomic mass is 9.99. The average molecular weight is 368 g/mol. The molecule has 5 nitrogen and oxygen atoms in total. The molecule has 27 heavy (non-hydrogen) atoms. The van der Waals surface area contributed by atoms with Crippen LogP contribution < -0.4 is 5.62 Å². The van der Waals surface area contributed by atoms with Crippen LogP contribution in [-0.2, 0) is 6.54 Å². The molecule has 0 bridgehead atoms. The van der Waals surface area contributed by atoms with Crippen LogP contribution in [0.4, 0.5) is 0 Å². The van der Waals surface area contributed by atoms with Crippen molar-refractivity contribution in [3.63, 3.8) is 0 Å². The van der Waals surface area contributed by atoms with Gasteiger partial charge in [-0.3, -0.25) is 0 Å². The molecule has 1 aromatic carbocycles. The number of hydrogen-bond donors (Lipinski definition) is 0. The molecule has 3 rings (SSSR count). The van der Waals surface area contributed by atoms with Crippen LogP contribution in [-0.4, -0.2) is 33.2 Å². The molecule has 0 aliphatic carbocycles. The predicted octanol–water partition coefficient (Wildman–Crippen LogP) is 4.31. The maximum atomic E-state index is 9.25. The number of piperidine rings is 1. The fourth-order valence-electron chi connectivity index (χ4n) is 4.41. The Hall–Kier alpha value is -2.06. The van der Waals surface area contributed by atoms with Gasteiger partial charge in [-0.15, -0.1) is 4.99 Å². The third-order valence-corrected chi connectivity index (χ3v) is 6.00. The van der Waals surface area contributed by atoms with Gasteiger partial charge in [-0.25, -0.2) is 0 Å². The number of aryl methyl sites for hydroxylation is 1. The third-order valence-electron chi connectivity index (χ3n) is 6.00. The summed E-state index contributed by atoms with van der Waals surface area (Å²) in [5.74, 6) is 0.774. The summed E-state index contributed by atoms with van der Waals surface area (Å²) >= 11 is 0. The second-order valence-electron chi connectivity index (χ2n) is 8.20. The van der Waals surface area contributed by atoms with Crippen molar-refractivity contribution in [2.75, 3.05) is 13.1 Å². The number of nitrogens with zero attached hydrogens (tertiary/aromatic N) is 5. The summed E-state index contributed by atoms with van der Waals surface area (Å²) in [7, 11) is 0. The number of benzene rings is 1. The number of hydrogen-bond acceptors (Lipinski definition) is 3. The van der Waals surface area contributed by atoms with Crippen molar-refractivity contribution in [3.8, 4) is 6.19 Å². The van der Waals surface area contributed by atoms with E-state index < -0.39 is 0 Å². The summed E-state index contributed by atoms with van der Waals surface area (Å²) in [4.78, 5) is 6.85. The quantitative estimate of drug-likeness (QED) is 0.715. The summed E-state index contributed by atoms with van der Waals surface area (Å²) in [6, 6.07) is 9.50. The Morgan fingerprint density at radius 3 is 2.37 bits per heavy atom. The van der Waals surface area contributed by atoms with Gasteiger partial charge in [0.25, 0.3) is 0 Å². The van der Waals surface area contributed by atoms with E-state index in [1.807, 2.05) is 6.19 Å². The second-order valence-corrected chi connectivity index (χ2v) is 8.20. The van der Waals surface area contributed by atoms with E-state index in [0.717, 1.165) is 44.0 Å². The minimum absolute atomic E-state index is 0.406. The molecule has 5 heteroatoms. The van der Waals surface area contributed by atoms with Crippen LogP contribution in [0.1, 0.15) is 59.4 Å². The topological polar surface area (TPSA) is 49.2 Å². The first-order valence-electron chi connectivity index (χ1n) is 10.4. The lowest BCUT2D eigenvalue weighted by Crippen LogP contribution is -2.42. The van der Waals surface area contributed by atoms with E-state index >= 15 is 0 Å². The Balaban J connectivity index is 1.85. The first kappa shape index (κ1) is 19.7. The number of imidazole rings is 1. The van der Waals surface area contributed by atoms with Gasteiger partial charge in [-0.2, -0.15) is 5.26 Å². The molecular formula is C22H33N5. The Bertz CT molecular complexity index is 859. The van der Waals surface area contributed by atoms with Crippen molar-refractivity contribution in [1.29, 1.82) is 5.26 Å². The van der Waals surface area contributed by atoms with Crippen molar-refractivity contribution in [1.82, 2.24) is 14.0 Å². The van der Waals surface area contributed by atoms with Crippen LogP contribution in [0.3, 0.4) is 0 Å². The SMILES string of the molecule is CCn1c(=NC#N)n(C2CCN(C(C)CCC(C)C)CC2)c2ccccc21. The summed E-state index contributed by atoms with van der Waals surface area (Å²) < 4.78 is 4.48. The molecule has 1 aromatic heterocycles. The summed E-state index contributed by atoms with van der Waals surface area (Å²) in [5, 5.41) is 9.25. The van der Waals surface area contributed by atoms with Gasteiger partial charge in [0.1, 0.15) is 0 Å². The monoisotopic (exact) mass is 367 g/mol. The van der Waals surface area contributed by atoms with E-state index in [1.165, 1.54) is 23.9 Å². The number of aromatic nitrogens is 2. The van der Waals surface area contributed by atoms with Crippen molar-refractivity contribution in [2.45, 2.75) is 72.0 Å². The van der Waals surface area contributed by atoms with Crippen LogP contribution in [0.2, 0.25) is 0 Å². The Kier molecular flexibility index (Phi) is 6.38. The molecule has 0 N–H and O–H groups in total. The Morgan fingerprint density at radius 2 is 1.78 bits per heavy atom.